The van der Waals surface area contributed by atoms with Gasteiger partial charge in [-0.2, -0.15) is 0 Å². The van der Waals surface area contributed by atoms with Crippen LogP contribution in [0, 0.1) is 12.8 Å². The van der Waals surface area contributed by atoms with Gasteiger partial charge < -0.3 is 14.1 Å². The van der Waals surface area contributed by atoms with Crippen molar-refractivity contribution in [3.8, 4) is 11.5 Å². The quantitative estimate of drug-likeness (QED) is 0.840. The standard InChI is InChI=1S/C11H11N3O3/c1-6-10(17-5-12-6)8-4-14-3-7(11(15)16)2-9(14)13-8/h4-5,7H,2-3H2,1H3,(H,15,16). The molecule has 0 radical (unpaired) electrons. The van der Waals surface area contributed by atoms with Gasteiger partial charge in [-0.3, -0.25) is 4.79 Å². The van der Waals surface area contributed by atoms with Gasteiger partial charge in [-0.1, -0.05) is 0 Å². The summed E-state index contributed by atoms with van der Waals surface area (Å²) in [5.41, 5.74) is 1.51. The summed E-state index contributed by atoms with van der Waals surface area (Å²) in [6.45, 7) is 2.33. The number of oxazole rings is 1. The summed E-state index contributed by atoms with van der Waals surface area (Å²) in [5.74, 6) is 0.317. The van der Waals surface area contributed by atoms with Gasteiger partial charge in [0.05, 0.1) is 11.6 Å². The summed E-state index contributed by atoms with van der Waals surface area (Å²) in [5, 5.41) is 8.93. The molecule has 1 aliphatic rings. The Hall–Kier alpha value is -2.11. The highest BCUT2D eigenvalue weighted by Gasteiger charge is 2.29. The van der Waals surface area contributed by atoms with Crippen LogP contribution in [0.15, 0.2) is 17.0 Å². The number of imidazole rings is 1. The van der Waals surface area contributed by atoms with Crippen molar-refractivity contribution in [1.82, 2.24) is 14.5 Å². The fourth-order valence-corrected chi connectivity index (χ4v) is 2.12. The van der Waals surface area contributed by atoms with E-state index in [1.54, 1.807) is 0 Å². The topological polar surface area (TPSA) is 81.2 Å². The van der Waals surface area contributed by atoms with E-state index < -0.39 is 5.97 Å². The third-order valence-electron chi connectivity index (χ3n) is 3.03. The summed E-state index contributed by atoms with van der Waals surface area (Å²) in [6.07, 6.45) is 3.68. The molecule has 17 heavy (non-hydrogen) atoms. The van der Waals surface area contributed by atoms with Crippen LogP contribution in [0.3, 0.4) is 0 Å². The van der Waals surface area contributed by atoms with Gasteiger partial charge in [-0.05, 0) is 6.92 Å². The zero-order valence-corrected chi connectivity index (χ0v) is 9.25. The van der Waals surface area contributed by atoms with Crippen LogP contribution in [0.2, 0.25) is 0 Å². The predicted octanol–water partition coefficient (Wildman–Crippen LogP) is 1.10. The lowest BCUT2D eigenvalue weighted by Gasteiger charge is -2.00. The molecule has 1 aliphatic heterocycles. The fraction of sp³-hybridized carbons (Fsp3) is 0.364. The number of hydrogen-bond donors (Lipinski definition) is 1. The number of aryl methyl sites for hydroxylation is 1. The first-order valence-electron chi connectivity index (χ1n) is 5.34. The summed E-state index contributed by atoms with van der Waals surface area (Å²) < 4.78 is 7.13. The molecule has 6 nitrogen and oxygen atoms in total. The second-order valence-corrected chi connectivity index (χ2v) is 4.20. The van der Waals surface area contributed by atoms with Crippen molar-refractivity contribution in [2.75, 3.05) is 0 Å². The maximum absolute atomic E-state index is 10.9. The fourth-order valence-electron chi connectivity index (χ4n) is 2.12. The highest BCUT2D eigenvalue weighted by Crippen LogP contribution is 2.27. The molecule has 0 saturated heterocycles. The minimum atomic E-state index is -0.770. The van der Waals surface area contributed by atoms with E-state index >= 15 is 0 Å². The van der Waals surface area contributed by atoms with Crippen molar-refractivity contribution in [3.05, 3.63) is 24.1 Å². The van der Waals surface area contributed by atoms with Crippen molar-refractivity contribution in [3.63, 3.8) is 0 Å². The number of aliphatic carboxylic acids is 1. The Morgan fingerprint density at radius 2 is 2.47 bits per heavy atom. The molecule has 0 aliphatic carbocycles. The van der Waals surface area contributed by atoms with E-state index in [0.29, 0.717) is 18.7 Å². The zero-order chi connectivity index (χ0) is 12.0. The van der Waals surface area contributed by atoms with E-state index in [2.05, 4.69) is 9.97 Å². The molecule has 0 spiro atoms. The molecule has 1 N–H and O–H groups in total. The predicted molar refractivity (Wildman–Crippen MR) is 57.3 cm³/mol. The van der Waals surface area contributed by atoms with Gasteiger partial charge in [0.2, 0.25) is 0 Å². The molecule has 3 rings (SSSR count). The van der Waals surface area contributed by atoms with Crippen LogP contribution < -0.4 is 0 Å². The number of carbonyl (C=O) groups is 1. The second kappa shape index (κ2) is 3.44. The van der Waals surface area contributed by atoms with E-state index in [1.165, 1.54) is 6.39 Å². The van der Waals surface area contributed by atoms with Gasteiger partial charge in [-0.15, -0.1) is 0 Å². The number of carboxylic acids is 1. The smallest absolute Gasteiger partial charge is 0.308 e. The van der Waals surface area contributed by atoms with Crippen LogP contribution in [0.5, 0.6) is 0 Å². The molecule has 88 valence electrons. The first kappa shape index (κ1) is 10.1. The number of fused-ring (bicyclic) bond motifs is 1. The van der Waals surface area contributed by atoms with Crippen molar-refractivity contribution in [1.29, 1.82) is 0 Å². The molecule has 0 aromatic carbocycles. The van der Waals surface area contributed by atoms with E-state index in [9.17, 15) is 4.79 Å². The third kappa shape index (κ3) is 1.52. The minimum absolute atomic E-state index is 0.359. The van der Waals surface area contributed by atoms with E-state index in [-0.39, 0.29) is 5.92 Å². The largest absolute Gasteiger partial charge is 0.481 e. The van der Waals surface area contributed by atoms with Crippen LogP contribution in [0.25, 0.3) is 11.5 Å². The van der Waals surface area contributed by atoms with E-state index in [4.69, 9.17) is 9.52 Å². The van der Waals surface area contributed by atoms with Crippen molar-refractivity contribution in [2.45, 2.75) is 19.9 Å². The second-order valence-electron chi connectivity index (χ2n) is 4.20. The lowest BCUT2D eigenvalue weighted by molar-refractivity contribution is -0.141. The molecule has 6 heteroatoms. The molecule has 0 bridgehead atoms. The van der Waals surface area contributed by atoms with Gasteiger partial charge in [0.15, 0.2) is 12.2 Å². The van der Waals surface area contributed by atoms with Gasteiger partial charge in [-0.25, -0.2) is 9.97 Å². The molecule has 0 amide bonds. The Labute approximate surface area is 96.9 Å². The Kier molecular flexibility index (Phi) is 2.04. The number of carboxylic acid groups (broad SMARTS) is 1. The van der Waals surface area contributed by atoms with E-state index in [0.717, 1.165) is 17.2 Å². The lowest BCUT2D eigenvalue weighted by Crippen LogP contribution is -2.14. The first-order chi connectivity index (χ1) is 8.15. The maximum atomic E-state index is 10.9. The molecule has 1 unspecified atom stereocenters. The van der Waals surface area contributed by atoms with Crippen LogP contribution in [0.4, 0.5) is 0 Å². The Balaban J connectivity index is 1.93. The Bertz CT molecular complexity index is 561. The summed E-state index contributed by atoms with van der Waals surface area (Å²) in [4.78, 5) is 19.3. The lowest BCUT2D eigenvalue weighted by atomic mass is 10.1. The molecule has 0 fully saturated rings. The number of nitrogens with zero attached hydrogens (tertiary/aromatic N) is 3. The summed E-state index contributed by atoms with van der Waals surface area (Å²) in [7, 11) is 0. The Morgan fingerprint density at radius 1 is 1.65 bits per heavy atom. The molecule has 2 aromatic heterocycles. The van der Waals surface area contributed by atoms with Gasteiger partial charge in [0.25, 0.3) is 0 Å². The van der Waals surface area contributed by atoms with Crippen LogP contribution in [-0.4, -0.2) is 25.6 Å². The van der Waals surface area contributed by atoms with Gasteiger partial charge in [0.1, 0.15) is 11.5 Å². The van der Waals surface area contributed by atoms with Gasteiger partial charge >= 0.3 is 5.97 Å². The molecule has 2 aromatic rings. The van der Waals surface area contributed by atoms with Crippen LogP contribution in [0.1, 0.15) is 11.5 Å². The number of hydrogen-bond acceptors (Lipinski definition) is 4. The Morgan fingerprint density at radius 3 is 3.06 bits per heavy atom. The van der Waals surface area contributed by atoms with Crippen molar-refractivity contribution < 1.29 is 14.3 Å². The number of rotatable bonds is 2. The minimum Gasteiger partial charge on any atom is -0.481 e. The third-order valence-corrected chi connectivity index (χ3v) is 3.03. The molecule has 1 atom stereocenters. The maximum Gasteiger partial charge on any atom is 0.308 e. The number of aromatic nitrogens is 3. The van der Waals surface area contributed by atoms with Crippen LogP contribution >= 0.6 is 0 Å². The highest BCUT2D eigenvalue weighted by molar-refractivity contribution is 5.71. The van der Waals surface area contributed by atoms with Gasteiger partial charge in [0, 0.05) is 19.2 Å². The first-order valence-corrected chi connectivity index (χ1v) is 5.34. The molecule has 0 saturated carbocycles. The SMILES string of the molecule is Cc1ncoc1-c1cn2c(n1)CC(C(=O)O)C2. The monoisotopic (exact) mass is 233 g/mol. The van der Waals surface area contributed by atoms with E-state index in [1.807, 2.05) is 17.7 Å². The summed E-state index contributed by atoms with van der Waals surface area (Å²) in [6, 6.07) is 0. The zero-order valence-electron chi connectivity index (χ0n) is 9.25. The van der Waals surface area contributed by atoms with Crippen LogP contribution in [-0.2, 0) is 17.8 Å². The van der Waals surface area contributed by atoms with Crippen molar-refractivity contribution >= 4 is 5.97 Å². The summed E-state index contributed by atoms with van der Waals surface area (Å²) >= 11 is 0. The average molecular weight is 233 g/mol. The average Bonchev–Trinajstić information content (AvgIpc) is 2.88. The molecular formula is C11H11N3O3. The molecular weight excluding hydrogens is 222 g/mol. The van der Waals surface area contributed by atoms with Crippen molar-refractivity contribution in [2.24, 2.45) is 5.92 Å². The normalized spacial score (nSPS) is 18.3. The molecule has 3 heterocycles. The highest BCUT2D eigenvalue weighted by atomic mass is 16.4.